The predicted molar refractivity (Wildman–Crippen MR) is 117 cm³/mol. The summed E-state index contributed by atoms with van der Waals surface area (Å²) in [6.45, 7) is 1.50. The number of carbonyl (C=O) groups is 2. The SMILES string of the molecule is N#Cc1cccc2c1CC(CNCCC1CN(c3ccc4c(n3)NC(=O)CO4)C(=O)O1)C2O. The predicted octanol–water partition coefficient (Wildman–Crippen LogP) is 1.49. The molecular formula is C23H23N5O5. The third kappa shape index (κ3) is 4.08. The van der Waals surface area contributed by atoms with Gasteiger partial charge in [-0.15, -0.1) is 0 Å². The second-order valence-corrected chi connectivity index (χ2v) is 8.36. The molecule has 1 aromatic carbocycles. The van der Waals surface area contributed by atoms with Crippen LogP contribution in [0.3, 0.4) is 0 Å². The van der Waals surface area contributed by atoms with Gasteiger partial charge in [-0.2, -0.15) is 5.26 Å². The summed E-state index contributed by atoms with van der Waals surface area (Å²) >= 11 is 0. The molecule has 3 unspecified atom stereocenters. The Kier molecular flexibility index (Phi) is 5.58. The minimum absolute atomic E-state index is 0.00532. The number of aromatic nitrogens is 1. The lowest BCUT2D eigenvalue weighted by atomic mass is 10.0. The molecule has 1 aliphatic carbocycles. The third-order valence-electron chi connectivity index (χ3n) is 6.22. The van der Waals surface area contributed by atoms with Gasteiger partial charge in [0.1, 0.15) is 11.9 Å². The fourth-order valence-electron chi connectivity index (χ4n) is 4.54. The van der Waals surface area contributed by atoms with Crippen molar-refractivity contribution in [1.82, 2.24) is 10.3 Å². The van der Waals surface area contributed by atoms with E-state index in [9.17, 15) is 20.0 Å². The van der Waals surface area contributed by atoms with Crippen molar-refractivity contribution in [3.8, 4) is 11.8 Å². The van der Waals surface area contributed by atoms with Gasteiger partial charge in [-0.3, -0.25) is 9.69 Å². The Bertz CT molecular complexity index is 1150. The van der Waals surface area contributed by atoms with Gasteiger partial charge in [0.25, 0.3) is 5.91 Å². The number of cyclic esters (lactones) is 1. The zero-order valence-corrected chi connectivity index (χ0v) is 17.8. The number of carbonyl (C=O) groups excluding carboxylic acids is 2. The molecule has 3 heterocycles. The number of nitrogens with one attached hydrogen (secondary N) is 2. The lowest BCUT2D eigenvalue weighted by Crippen LogP contribution is -2.30. The Hall–Kier alpha value is -3.68. The number of ether oxygens (including phenoxy) is 2. The molecule has 0 spiro atoms. The number of fused-ring (bicyclic) bond motifs is 2. The van der Waals surface area contributed by atoms with Crippen LogP contribution in [-0.2, 0) is 16.0 Å². The number of amides is 2. The molecule has 10 nitrogen and oxygen atoms in total. The highest BCUT2D eigenvalue weighted by atomic mass is 16.6. The van der Waals surface area contributed by atoms with E-state index in [1.54, 1.807) is 24.3 Å². The minimum Gasteiger partial charge on any atom is -0.480 e. The van der Waals surface area contributed by atoms with E-state index >= 15 is 0 Å². The van der Waals surface area contributed by atoms with E-state index in [2.05, 4.69) is 21.7 Å². The molecule has 5 rings (SSSR count). The Labute approximate surface area is 190 Å². The smallest absolute Gasteiger partial charge is 0.415 e. The topological polar surface area (TPSA) is 137 Å². The van der Waals surface area contributed by atoms with Gasteiger partial charge in [0.15, 0.2) is 18.2 Å². The molecule has 3 N–H and O–H groups in total. The maximum absolute atomic E-state index is 12.4. The molecule has 1 saturated heterocycles. The highest BCUT2D eigenvalue weighted by Gasteiger charge is 2.35. The van der Waals surface area contributed by atoms with Gasteiger partial charge < -0.3 is 25.2 Å². The monoisotopic (exact) mass is 449 g/mol. The number of hydrogen-bond donors (Lipinski definition) is 3. The van der Waals surface area contributed by atoms with Crippen molar-refractivity contribution in [1.29, 1.82) is 5.26 Å². The molecule has 170 valence electrons. The molecule has 2 aliphatic heterocycles. The van der Waals surface area contributed by atoms with E-state index in [1.165, 1.54) is 4.90 Å². The van der Waals surface area contributed by atoms with Crippen LogP contribution in [0.15, 0.2) is 30.3 Å². The average Bonchev–Trinajstić information content (AvgIpc) is 3.35. The van der Waals surface area contributed by atoms with Crippen molar-refractivity contribution < 1.29 is 24.2 Å². The Morgan fingerprint density at radius 1 is 1.30 bits per heavy atom. The number of nitriles is 1. The molecule has 3 aliphatic rings. The van der Waals surface area contributed by atoms with Gasteiger partial charge in [0, 0.05) is 12.5 Å². The third-order valence-corrected chi connectivity index (χ3v) is 6.22. The first-order valence-corrected chi connectivity index (χ1v) is 10.9. The van der Waals surface area contributed by atoms with E-state index in [0.29, 0.717) is 49.6 Å². The summed E-state index contributed by atoms with van der Waals surface area (Å²) in [5.74, 6) is 0.843. The number of rotatable bonds is 6. The van der Waals surface area contributed by atoms with Crippen LogP contribution in [0.5, 0.6) is 5.75 Å². The van der Waals surface area contributed by atoms with E-state index in [4.69, 9.17) is 9.47 Å². The molecule has 1 fully saturated rings. The number of pyridine rings is 1. The quantitative estimate of drug-likeness (QED) is 0.564. The van der Waals surface area contributed by atoms with Crippen LogP contribution in [-0.4, -0.2) is 54.4 Å². The van der Waals surface area contributed by atoms with Crippen molar-refractivity contribution in [3.05, 3.63) is 47.0 Å². The fraction of sp³-hybridized carbons (Fsp3) is 0.391. The molecular weight excluding hydrogens is 426 g/mol. The maximum atomic E-state index is 12.4. The summed E-state index contributed by atoms with van der Waals surface area (Å²) in [6, 6.07) is 11.0. The van der Waals surface area contributed by atoms with Crippen LogP contribution in [0.25, 0.3) is 0 Å². The lowest BCUT2D eigenvalue weighted by molar-refractivity contribution is -0.118. The van der Waals surface area contributed by atoms with E-state index in [1.807, 2.05) is 6.07 Å². The number of aliphatic hydroxyl groups is 1. The minimum atomic E-state index is -0.597. The number of hydrogen-bond acceptors (Lipinski definition) is 8. The van der Waals surface area contributed by atoms with Crippen molar-refractivity contribution in [2.45, 2.75) is 25.0 Å². The van der Waals surface area contributed by atoms with E-state index < -0.39 is 12.2 Å². The highest BCUT2D eigenvalue weighted by Crippen LogP contribution is 2.37. The Balaban J connectivity index is 1.12. The number of aliphatic hydroxyl groups excluding tert-OH is 1. The fourth-order valence-corrected chi connectivity index (χ4v) is 4.54. The molecule has 3 atom stereocenters. The largest absolute Gasteiger partial charge is 0.480 e. The van der Waals surface area contributed by atoms with E-state index in [0.717, 1.165) is 11.1 Å². The van der Waals surface area contributed by atoms with Crippen LogP contribution in [0.2, 0.25) is 0 Å². The summed E-state index contributed by atoms with van der Waals surface area (Å²) < 4.78 is 10.8. The van der Waals surface area contributed by atoms with Gasteiger partial charge in [0.2, 0.25) is 0 Å². The molecule has 0 saturated carbocycles. The summed E-state index contributed by atoms with van der Waals surface area (Å²) in [5.41, 5.74) is 2.38. The zero-order chi connectivity index (χ0) is 22.9. The van der Waals surface area contributed by atoms with Gasteiger partial charge >= 0.3 is 6.09 Å². The van der Waals surface area contributed by atoms with Crippen molar-refractivity contribution >= 4 is 23.6 Å². The average molecular weight is 449 g/mol. The number of anilines is 2. The normalized spacial score (nSPS) is 23.3. The van der Waals surface area contributed by atoms with Crippen molar-refractivity contribution in [2.75, 3.05) is 36.5 Å². The Morgan fingerprint density at radius 3 is 3.03 bits per heavy atom. The van der Waals surface area contributed by atoms with Crippen LogP contribution < -0.4 is 20.3 Å². The van der Waals surface area contributed by atoms with E-state index in [-0.39, 0.29) is 30.4 Å². The lowest BCUT2D eigenvalue weighted by Gasteiger charge is -2.19. The molecule has 1 aromatic heterocycles. The van der Waals surface area contributed by atoms with Gasteiger partial charge in [-0.05, 0) is 48.7 Å². The summed E-state index contributed by atoms with van der Waals surface area (Å²) in [7, 11) is 0. The molecule has 2 aromatic rings. The maximum Gasteiger partial charge on any atom is 0.415 e. The Morgan fingerprint density at radius 2 is 2.18 bits per heavy atom. The molecule has 2 amide bonds. The molecule has 10 heteroatoms. The highest BCUT2D eigenvalue weighted by molar-refractivity contribution is 5.95. The van der Waals surface area contributed by atoms with Gasteiger partial charge in [-0.25, -0.2) is 9.78 Å². The molecule has 33 heavy (non-hydrogen) atoms. The van der Waals surface area contributed by atoms with Gasteiger partial charge in [-0.1, -0.05) is 12.1 Å². The van der Waals surface area contributed by atoms with Crippen molar-refractivity contribution in [2.24, 2.45) is 5.92 Å². The number of benzene rings is 1. The van der Waals surface area contributed by atoms with Crippen LogP contribution in [0.1, 0.15) is 29.2 Å². The summed E-state index contributed by atoms with van der Waals surface area (Å²) in [6.07, 6.45) is -0.124. The van der Waals surface area contributed by atoms with Crippen LogP contribution in [0, 0.1) is 17.2 Å². The van der Waals surface area contributed by atoms with Gasteiger partial charge in [0.05, 0.1) is 24.3 Å². The molecule has 0 radical (unpaired) electrons. The second kappa shape index (κ2) is 8.69. The second-order valence-electron chi connectivity index (χ2n) is 8.36. The molecule has 0 bridgehead atoms. The summed E-state index contributed by atoms with van der Waals surface area (Å²) in [4.78, 5) is 29.6. The van der Waals surface area contributed by atoms with Crippen molar-refractivity contribution in [3.63, 3.8) is 0 Å². The summed E-state index contributed by atoms with van der Waals surface area (Å²) in [5, 5.41) is 25.9. The van der Waals surface area contributed by atoms with Crippen LogP contribution >= 0.6 is 0 Å². The van der Waals surface area contributed by atoms with Crippen LogP contribution in [0.4, 0.5) is 16.4 Å². The zero-order valence-electron chi connectivity index (χ0n) is 17.8. The first kappa shape index (κ1) is 21.2. The first-order valence-electron chi connectivity index (χ1n) is 10.9. The first-order chi connectivity index (χ1) is 16.0. The number of nitrogens with zero attached hydrogens (tertiary/aromatic N) is 3. The standard InChI is InChI=1S/C23H23N5O5/c24-9-13-2-1-3-16-17(13)8-14(21(16)30)10-25-7-6-15-11-28(23(31)33-15)19-5-4-18-22(26-19)27-20(29)12-32-18/h1-5,14-15,21,25,30H,6-8,10-12H2,(H,26,27,29).